The van der Waals surface area contributed by atoms with E-state index in [2.05, 4.69) is 68.2 Å². The van der Waals surface area contributed by atoms with Crippen LogP contribution in [0.1, 0.15) is 28.5 Å². The highest BCUT2D eigenvalue weighted by atomic mass is 35.5. The Morgan fingerprint density at radius 2 is 1.79 bits per heavy atom. The molecule has 0 saturated carbocycles. The van der Waals surface area contributed by atoms with E-state index in [1.165, 1.54) is 32.7 Å². The van der Waals surface area contributed by atoms with Gasteiger partial charge in [-0.2, -0.15) is 0 Å². The van der Waals surface area contributed by atoms with Crippen LogP contribution in [0.25, 0.3) is 21.3 Å². The monoisotopic (exact) mass is 424 g/mol. The Hall–Kier alpha value is -1.88. The summed E-state index contributed by atoms with van der Waals surface area (Å²) in [5.41, 5.74) is 6.22. The van der Waals surface area contributed by atoms with Crippen molar-refractivity contribution in [3.05, 3.63) is 75.3 Å². The largest absolute Gasteiger partial charge is 0.211 e. The van der Waals surface area contributed by atoms with Crippen molar-refractivity contribution in [1.82, 2.24) is 9.97 Å². The molecule has 0 radical (unpaired) electrons. The van der Waals surface area contributed by atoms with Gasteiger partial charge in [-0.3, -0.25) is 0 Å². The molecule has 2 aromatic carbocycles. The highest BCUT2D eigenvalue weighted by Gasteiger charge is 2.19. The van der Waals surface area contributed by atoms with E-state index < -0.39 is 0 Å². The van der Waals surface area contributed by atoms with Crippen molar-refractivity contribution in [2.45, 2.75) is 38.1 Å². The zero-order valence-corrected chi connectivity index (χ0v) is 18.5. The van der Waals surface area contributed by atoms with E-state index in [0.29, 0.717) is 5.15 Å². The van der Waals surface area contributed by atoms with Crippen LogP contribution in [0.4, 0.5) is 0 Å². The Labute approximate surface area is 179 Å². The Morgan fingerprint density at radius 3 is 2.50 bits per heavy atom. The summed E-state index contributed by atoms with van der Waals surface area (Å²) in [6, 6.07) is 17.0. The number of aryl methyl sites for hydroxylation is 3. The van der Waals surface area contributed by atoms with Gasteiger partial charge in [-0.05, 0) is 42.5 Å². The van der Waals surface area contributed by atoms with E-state index in [1.54, 1.807) is 23.1 Å². The summed E-state index contributed by atoms with van der Waals surface area (Å²) in [6.45, 7) is 6.47. The fraction of sp³-hybridized carbons (Fsp3) is 0.217. The molecule has 2 heterocycles. The van der Waals surface area contributed by atoms with Crippen LogP contribution >= 0.6 is 34.7 Å². The lowest BCUT2D eigenvalue weighted by Crippen LogP contribution is -1.91. The molecule has 0 unspecified atom stereocenters. The molecule has 0 fully saturated rings. The number of fused-ring (bicyclic) bond motifs is 1. The molecule has 4 aromatic rings. The van der Waals surface area contributed by atoms with Crippen LogP contribution < -0.4 is 0 Å². The van der Waals surface area contributed by atoms with E-state index in [0.717, 1.165) is 27.5 Å². The number of nitrogens with zero attached hydrogens (tertiary/aromatic N) is 2. The molecule has 0 spiro atoms. The lowest BCUT2D eigenvalue weighted by atomic mass is 9.98. The highest BCUT2D eigenvalue weighted by Crippen LogP contribution is 2.42. The molecule has 4 rings (SSSR count). The van der Waals surface area contributed by atoms with Crippen molar-refractivity contribution in [3.63, 3.8) is 0 Å². The van der Waals surface area contributed by atoms with Crippen LogP contribution in [-0.4, -0.2) is 9.97 Å². The van der Waals surface area contributed by atoms with Crippen LogP contribution in [0.3, 0.4) is 0 Å². The second kappa shape index (κ2) is 8.24. The third-order valence-corrected chi connectivity index (χ3v) is 7.31. The first kappa shape index (κ1) is 19.4. The molecule has 0 saturated heterocycles. The quantitative estimate of drug-likeness (QED) is 0.188. The number of benzene rings is 2. The smallest absolute Gasteiger partial charge is 0.190 e. The molecular weight excluding hydrogens is 404 g/mol. The first-order chi connectivity index (χ1) is 13.6. The predicted octanol–water partition coefficient (Wildman–Crippen LogP) is 7.48. The van der Waals surface area contributed by atoms with Gasteiger partial charge in [0.2, 0.25) is 0 Å². The lowest BCUT2D eigenvalue weighted by Gasteiger charge is -2.08. The van der Waals surface area contributed by atoms with Gasteiger partial charge in [-0.15, -0.1) is 11.3 Å². The van der Waals surface area contributed by atoms with Gasteiger partial charge in [0, 0.05) is 16.2 Å². The molecule has 0 aliphatic carbocycles. The summed E-state index contributed by atoms with van der Waals surface area (Å²) in [7, 11) is 0. The van der Waals surface area contributed by atoms with E-state index in [4.69, 9.17) is 16.6 Å². The maximum Gasteiger partial charge on any atom is 0.190 e. The van der Waals surface area contributed by atoms with Gasteiger partial charge in [0.05, 0.1) is 5.39 Å². The average Bonchev–Trinajstić information content (AvgIpc) is 3.08. The Morgan fingerprint density at radius 1 is 1.00 bits per heavy atom. The van der Waals surface area contributed by atoms with Gasteiger partial charge >= 0.3 is 0 Å². The van der Waals surface area contributed by atoms with Crippen LogP contribution in [0.2, 0.25) is 5.15 Å². The van der Waals surface area contributed by atoms with Gasteiger partial charge in [-0.1, -0.05) is 78.8 Å². The van der Waals surface area contributed by atoms with E-state index >= 15 is 0 Å². The zero-order valence-electron chi connectivity index (χ0n) is 16.1. The molecule has 0 aliphatic heterocycles. The molecule has 2 nitrogen and oxygen atoms in total. The van der Waals surface area contributed by atoms with Crippen LogP contribution in [0.15, 0.2) is 53.7 Å². The lowest BCUT2D eigenvalue weighted by molar-refractivity contribution is 1.01. The average molecular weight is 425 g/mol. The summed E-state index contributed by atoms with van der Waals surface area (Å²) >= 11 is 10.0. The van der Waals surface area contributed by atoms with Crippen molar-refractivity contribution in [3.8, 4) is 11.1 Å². The van der Waals surface area contributed by atoms with E-state index in [1.807, 2.05) is 6.07 Å². The molecule has 0 aliphatic rings. The van der Waals surface area contributed by atoms with E-state index in [-0.39, 0.29) is 0 Å². The zero-order chi connectivity index (χ0) is 19.7. The molecule has 2 aromatic heterocycles. The van der Waals surface area contributed by atoms with Crippen LogP contribution in [0.5, 0.6) is 0 Å². The van der Waals surface area contributed by atoms with Gasteiger partial charge in [-0.25, -0.2) is 9.97 Å². The first-order valence-electron chi connectivity index (χ1n) is 9.30. The van der Waals surface area contributed by atoms with Crippen molar-refractivity contribution in [2.75, 3.05) is 0 Å². The SMILES string of the molecule is CCc1sc2nc(SCc3ccccc3)nc(Cl)c2c1-c1ccc(C)c(C)c1. The van der Waals surface area contributed by atoms with Gasteiger partial charge in [0.1, 0.15) is 9.98 Å². The highest BCUT2D eigenvalue weighted by molar-refractivity contribution is 7.98. The van der Waals surface area contributed by atoms with Crippen molar-refractivity contribution in [2.24, 2.45) is 0 Å². The van der Waals surface area contributed by atoms with Gasteiger partial charge in [0.25, 0.3) is 0 Å². The number of thiophene rings is 1. The second-order valence-corrected chi connectivity index (χ2v) is 9.19. The molecular formula is C23H21ClN2S2. The van der Waals surface area contributed by atoms with Gasteiger partial charge < -0.3 is 0 Å². The van der Waals surface area contributed by atoms with Crippen LogP contribution in [-0.2, 0) is 12.2 Å². The topological polar surface area (TPSA) is 25.8 Å². The standard InChI is InChI=1S/C23H21ClN2S2/c1-4-18-19(17-11-10-14(2)15(3)12-17)20-21(24)25-23(26-22(20)28-18)27-13-16-8-6-5-7-9-16/h5-12H,4,13H2,1-3H3. The summed E-state index contributed by atoms with van der Waals surface area (Å²) in [5.74, 6) is 0.832. The van der Waals surface area contributed by atoms with Crippen molar-refractivity contribution < 1.29 is 0 Å². The number of hydrogen-bond donors (Lipinski definition) is 0. The summed E-state index contributed by atoms with van der Waals surface area (Å²) in [4.78, 5) is 11.7. The number of halogens is 1. The molecule has 28 heavy (non-hydrogen) atoms. The van der Waals surface area contributed by atoms with E-state index in [9.17, 15) is 0 Å². The number of aromatic nitrogens is 2. The van der Waals surface area contributed by atoms with Crippen molar-refractivity contribution in [1.29, 1.82) is 0 Å². The Balaban J connectivity index is 1.76. The minimum atomic E-state index is 0.546. The number of rotatable bonds is 5. The molecule has 0 amide bonds. The third kappa shape index (κ3) is 3.82. The summed E-state index contributed by atoms with van der Waals surface area (Å²) in [5, 5.41) is 2.26. The fourth-order valence-corrected chi connectivity index (χ4v) is 5.59. The number of thioether (sulfide) groups is 1. The minimum absolute atomic E-state index is 0.546. The fourth-order valence-electron chi connectivity index (χ4n) is 3.22. The van der Waals surface area contributed by atoms with Crippen LogP contribution in [0, 0.1) is 13.8 Å². The molecule has 5 heteroatoms. The van der Waals surface area contributed by atoms with Gasteiger partial charge in [0.15, 0.2) is 5.16 Å². The molecule has 142 valence electrons. The minimum Gasteiger partial charge on any atom is -0.211 e. The molecule has 0 N–H and O–H groups in total. The Bertz CT molecular complexity index is 1140. The number of hydrogen-bond acceptors (Lipinski definition) is 4. The second-order valence-electron chi connectivity index (χ2n) is 6.80. The maximum absolute atomic E-state index is 6.68. The van der Waals surface area contributed by atoms with Crippen molar-refractivity contribution >= 4 is 44.9 Å². The summed E-state index contributed by atoms with van der Waals surface area (Å²) < 4.78 is 0. The normalized spacial score (nSPS) is 11.3. The molecule has 0 bridgehead atoms. The molecule has 0 atom stereocenters. The summed E-state index contributed by atoms with van der Waals surface area (Å²) in [6.07, 6.45) is 0.951. The third-order valence-electron chi connectivity index (χ3n) is 4.89. The Kier molecular flexibility index (Phi) is 5.72. The maximum atomic E-state index is 6.68. The predicted molar refractivity (Wildman–Crippen MR) is 123 cm³/mol. The first-order valence-corrected chi connectivity index (χ1v) is 11.5.